The topological polar surface area (TPSA) is 42.7 Å². The van der Waals surface area contributed by atoms with Crippen molar-refractivity contribution in [2.75, 3.05) is 0 Å². The lowest BCUT2D eigenvalue weighted by Crippen LogP contribution is -2.35. The Bertz CT molecular complexity index is 589. The van der Waals surface area contributed by atoms with E-state index in [9.17, 15) is 4.39 Å². The molecule has 0 aliphatic heterocycles. The normalized spacial score (nSPS) is 11.8. The molecule has 0 amide bonds. The predicted octanol–water partition coefficient (Wildman–Crippen LogP) is 3.12. The van der Waals surface area contributed by atoms with Crippen LogP contribution in [0.1, 0.15) is 32.2 Å². The molecular weight excluding hydrogens is 323 g/mol. The number of nitrogens with zero attached hydrogens (tertiary/aromatic N) is 3. The molecule has 2 rings (SSSR count). The van der Waals surface area contributed by atoms with Gasteiger partial charge in [-0.25, -0.2) is 14.1 Å². The molecule has 0 radical (unpaired) electrons. The van der Waals surface area contributed by atoms with Crippen LogP contribution in [0.5, 0.6) is 0 Å². The average Bonchev–Trinajstić information content (AvgIpc) is 2.78. The number of halogens is 2. The van der Waals surface area contributed by atoms with Gasteiger partial charge in [0, 0.05) is 5.54 Å². The number of rotatable bonds is 4. The minimum Gasteiger partial charge on any atom is -0.305 e. The van der Waals surface area contributed by atoms with Gasteiger partial charge in [0.2, 0.25) is 0 Å². The summed E-state index contributed by atoms with van der Waals surface area (Å²) in [7, 11) is 0. The molecule has 4 nitrogen and oxygen atoms in total. The van der Waals surface area contributed by atoms with Crippen LogP contribution in [0.2, 0.25) is 0 Å². The van der Waals surface area contributed by atoms with Crippen LogP contribution in [0.4, 0.5) is 4.39 Å². The summed E-state index contributed by atoms with van der Waals surface area (Å²) in [6, 6.07) is 4.94. The maximum absolute atomic E-state index is 13.2. The van der Waals surface area contributed by atoms with Gasteiger partial charge >= 0.3 is 0 Å². The fourth-order valence-corrected chi connectivity index (χ4v) is 2.09. The molecule has 0 saturated heterocycles. The van der Waals surface area contributed by atoms with Gasteiger partial charge in [-0.1, -0.05) is 6.07 Å². The summed E-state index contributed by atoms with van der Waals surface area (Å²) in [6.45, 7) is 7.49. The number of benzene rings is 1. The first-order valence-electron chi connectivity index (χ1n) is 6.41. The summed E-state index contributed by atoms with van der Waals surface area (Å²) < 4.78 is 15.4. The lowest BCUT2D eigenvalue weighted by atomic mass is 10.1. The van der Waals surface area contributed by atoms with Crippen molar-refractivity contribution in [2.45, 2.75) is 39.4 Å². The first-order chi connectivity index (χ1) is 9.33. The Labute approximate surface area is 126 Å². The second-order valence-corrected chi connectivity index (χ2v) is 6.56. The molecule has 1 aromatic heterocycles. The van der Waals surface area contributed by atoms with Crippen LogP contribution in [-0.4, -0.2) is 20.3 Å². The zero-order valence-corrected chi connectivity index (χ0v) is 13.4. The molecule has 6 heteroatoms. The van der Waals surface area contributed by atoms with Crippen LogP contribution in [0, 0.1) is 5.82 Å². The average molecular weight is 341 g/mol. The molecule has 108 valence electrons. The van der Waals surface area contributed by atoms with Crippen molar-refractivity contribution in [1.29, 1.82) is 0 Å². The highest BCUT2D eigenvalue weighted by Crippen LogP contribution is 2.17. The quantitative estimate of drug-likeness (QED) is 0.929. The summed E-state index contributed by atoms with van der Waals surface area (Å²) in [6.07, 6.45) is 1.69. The molecule has 0 unspecified atom stereocenters. The maximum atomic E-state index is 13.2. The summed E-state index contributed by atoms with van der Waals surface area (Å²) in [5.41, 5.74) is 1.01. The highest BCUT2D eigenvalue weighted by Gasteiger charge is 2.10. The number of hydrogen-bond acceptors (Lipinski definition) is 3. The highest BCUT2D eigenvalue weighted by molar-refractivity contribution is 9.10. The smallest absolute Gasteiger partial charge is 0.164 e. The molecule has 1 N–H and O–H groups in total. The van der Waals surface area contributed by atoms with Crippen molar-refractivity contribution in [3.05, 3.63) is 46.2 Å². The van der Waals surface area contributed by atoms with E-state index in [0.29, 0.717) is 17.6 Å². The highest BCUT2D eigenvalue weighted by atomic mass is 79.9. The van der Waals surface area contributed by atoms with E-state index in [4.69, 9.17) is 0 Å². The Kier molecular flexibility index (Phi) is 4.55. The van der Waals surface area contributed by atoms with Crippen LogP contribution >= 0.6 is 15.9 Å². The summed E-state index contributed by atoms with van der Waals surface area (Å²) in [5, 5.41) is 7.73. The molecule has 2 aromatic rings. The fraction of sp³-hybridized carbons (Fsp3) is 0.429. The monoisotopic (exact) mass is 340 g/mol. The molecule has 20 heavy (non-hydrogen) atoms. The van der Waals surface area contributed by atoms with Crippen LogP contribution < -0.4 is 5.32 Å². The Morgan fingerprint density at radius 1 is 1.35 bits per heavy atom. The summed E-state index contributed by atoms with van der Waals surface area (Å²) >= 11 is 3.18. The second kappa shape index (κ2) is 6.01. The van der Waals surface area contributed by atoms with Gasteiger partial charge in [0.05, 0.1) is 17.6 Å². The van der Waals surface area contributed by atoms with Crippen molar-refractivity contribution < 1.29 is 4.39 Å². The van der Waals surface area contributed by atoms with E-state index in [2.05, 4.69) is 52.1 Å². The van der Waals surface area contributed by atoms with Crippen molar-refractivity contribution in [3.63, 3.8) is 0 Å². The van der Waals surface area contributed by atoms with Crippen molar-refractivity contribution >= 4 is 15.9 Å². The zero-order chi connectivity index (χ0) is 14.8. The van der Waals surface area contributed by atoms with Gasteiger partial charge in [0.15, 0.2) is 5.82 Å². The zero-order valence-electron chi connectivity index (χ0n) is 11.8. The number of nitrogens with one attached hydrogen (secondary N) is 1. The van der Waals surface area contributed by atoms with Crippen molar-refractivity contribution in [3.8, 4) is 0 Å². The van der Waals surface area contributed by atoms with Crippen molar-refractivity contribution in [2.24, 2.45) is 0 Å². The maximum Gasteiger partial charge on any atom is 0.164 e. The molecule has 0 spiro atoms. The lowest BCUT2D eigenvalue weighted by Gasteiger charge is -2.19. The third-order valence-corrected chi connectivity index (χ3v) is 3.30. The van der Waals surface area contributed by atoms with Gasteiger partial charge in [0.1, 0.15) is 12.1 Å². The molecule has 0 saturated carbocycles. The van der Waals surface area contributed by atoms with Gasteiger partial charge < -0.3 is 5.32 Å². The fourth-order valence-electron chi connectivity index (χ4n) is 1.66. The van der Waals surface area contributed by atoms with E-state index in [1.165, 1.54) is 6.07 Å². The van der Waals surface area contributed by atoms with E-state index in [-0.39, 0.29) is 11.4 Å². The minimum atomic E-state index is -0.262. The molecule has 0 aliphatic carbocycles. The predicted molar refractivity (Wildman–Crippen MR) is 79.8 cm³/mol. The van der Waals surface area contributed by atoms with Gasteiger partial charge in [-0.15, -0.1) is 0 Å². The summed E-state index contributed by atoms with van der Waals surface area (Å²) in [5.74, 6) is 0.489. The van der Waals surface area contributed by atoms with Gasteiger partial charge in [-0.2, -0.15) is 5.10 Å². The van der Waals surface area contributed by atoms with Crippen molar-refractivity contribution in [1.82, 2.24) is 20.1 Å². The van der Waals surface area contributed by atoms with E-state index in [1.54, 1.807) is 23.1 Å². The summed E-state index contributed by atoms with van der Waals surface area (Å²) in [4.78, 5) is 4.26. The third kappa shape index (κ3) is 4.38. The molecule has 0 fully saturated rings. The molecule has 0 bridgehead atoms. The molecule has 0 aliphatic rings. The van der Waals surface area contributed by atoms with Gasteiger partial charge in [-0.05, 0) is 54.4 Å². The molecule has 1 heterocycles. The third-order valence-electron chi connectivity index (χ3n) is 2.69. The molecular formula is C14H18BrFN4. The Morgan fingerprint density at radius 2 is 2.10 bits per heavy atom. The van der Waals surface area contributed by atoms with Gasteiger partial charge in [0.25, 0.3) is 0 Å². The largest absolute Gasteiger partial charge is 0.305 e. The van der Waals surface area contributed by atoms with E-state index >= 15 is 0 Å². The Morgan fingerprint density at radius 3 is 2.75 bits per heavy atom. The van der Waals surface area contributed by atoms with Crippen LogP contribution in [-0.2, 0) is 13.1 Å². The lowest BCUT2D eigenvalue weighted by molar-refractivity contribution is 0.417. The van der Waals surface area contributed by atoms with E-state index in [0.717, 1.165) is 11.4 Å². The van der Waals surface area contributed by atoms with Gasteiger partial charge in [-0.3, -0.25) is 0 Å². The van der Waals surface area contributed by atoms with E-state index < -0.39 is 0 Å². The number of hydrogen-bond donors (Lipinski definition) is 1. The van der Waals surface area contributed by atoms with E-state index in [1.807, 2.05) is 0 Å². The molecule has 0 atom stereocenters. The standard InChI is InChI=1S/C14H18BrFN4/c1-14(2,3)18-7-13-17-9-20(19-13)8-10-4-5-12(16)11(15)6-10/h4-6,9,18H,7-8H2,1-3H3. The Balaban J connectivity index is 2.00. The first kappa shape index (κ1) is 15.1. The van der Waals surface area contributed by atoms with Crippen LogP contribution in [0.3, 0.4) is 0 Å². The van der Waals surface area contributed by atoms with Crippen LogP contribution in [0.15, 0.2) is 29.0 Å². The second-order valence-electron chi connectivity index (χ2n) is 5.71. The molecule has 1 aromatic carbocycles. The number of aromatic nitrogens is 3. The first-order valence-corrected chi connectivity index (χ1v) is 7.20. The SMILES string of the molecule is CC(C)(C)NCc1ncn(Cc2ccc(F)c(Br)c2)n1. The Hall–Kier alpha value is -1.27. The minimum absolute atomic E-state index is 0.0350. The van der Waals surface area contributed by atoms with Crippen LogP contribution in [0.25, 0.3) is 0 Å².